The summed E-state index contributed by atoms with van der Waals surface area (Å²) in [6.07, 6.45) is 0. The molecule has 3 aromatic rings. The van der Waals surface area contributed by atoms with Crippen molar-refractivity contribution in [3.8, 4) is 5.69 Å². The standard InChI is InChI=1S/C14H13N3O7S2/c1-7-2-14(18)17(16-7)9-5-11-10(13(6-9)26(22,23)24)3-8(15)4-12(11)25(19,20)21/h2-6,16H,15H2,1H3,(H,19,20,21)(H,22,23,24). The molecular weight excluding hydrogens is 386 g/mol. The average Bonchev–Trinajstić information content (AvgIpc) is 2.82. The quantitative estimate of drug-likeness (QED) is 0.368. The molecule has 26 heavy (non-hydrogen) atoms. The van der Waals surface area contributed by atoms with Crippen molar-refractivity contribution in [3.63, 3.8) is 0 Å². The van der Waals surface area contributed by atoms with Crippen LogP contribution in [-0.2, 0) is 20.2 Å². The predicted molar refractivity (Wildman–Crippen MR) is 92.7 cm³/mol. The molecule has 0 saturated carbocycles. The summed E-state index contributed by atoms with van der Waals surface area (Å²) in [5, 5.41) is 2.21. The third-order valence-corrected chi connectivity index (χ3v) is 5.45. The zero-order chi connectivity index (χ0) is 19.4. The summed E-state index contributed by atoms with van der Waals surface area (Å²) >= 11 is 0. The molecular formula is C14H13N3O7S2. The molecule has 0 atom stereocenters. The molecule has 0 fully saturated rings. The van der Waals surface area contributed by atoms with E-state index in [1.165, 1.54) is 12.1 Å². The van der Waals surface area contributed by atoms with Crippen molar-refractivity contribution < 1.29 is 25.9 Å². The predicted octanol–water partition coefficient (Wildman–Crippen LogP) is 0.703. The molecule has 138 valence electrons. The first kappa shape index (κ1) is 18.1. The zero-order valence-electron chi connectivity index (χ0n) is 13.2. The van der Waals surface area contributed by atoms with Gasteiger partial charge in [0.1, 0.15) is 9.79 Å². The third kappa shape index (κ3) is 3.10. The number of aromatic amines is 1. The molecule has 0 aliphatic heterocycles. The van der Waals surface area contributed by atoms with Gasteiger partial charge in [0.2, 0.25) is 0 Å². The van der Waals surface area contributed by atoms with Crippen LogP contribution in [-0.4, -0.2) is 35.7 Å². The van der Waals surface area contributed by atoms with E-state index in [0.29, 0.717) is 5.69 Å². The van der Waals surface area contributed by atoms with Crippen LogP contribution >= 0.6 is 0 Å². The molecule has 0 bridgehead atoms. The lowest BCUT2D eigenvalue weighted by Crippen LogP contribution is -2.15. The van der Waals surface area contributed by atoms with Gasteiger partial charge in [0.25, 0.3) is 25.8 Å². The van der Waals surface area contributed by atoms with Gasteiger partial charge in [-0.1, -0.05) is 0 Å². The van der Waals surface area contributed by atoms with E-state index in [4.69, 9.17) is 5.73 Å². The van der Waals surface area contributed by atoms with Crippen molar-refractivity contribution in [2.45, 2.75) is 16.7 Å². The van der Waals surface area contributed by atoms with Gasteiger partial charge in [-0.3, -0.25) is 19.0 Å². The van der Waals surface area contributed by atoms with Crippen molar-refractivity contribution in [3.05, 3.63) is 46.4 Å². The van der Waals surface area contributed by atoms with Crippen molar-refractivity contribution in [1.29, 1.82) is 0 Å². The van der Waals surface area contributed by atoms with Crippen LogP contribution in [0.2, 0.25) is 0 Å². The second kappa shape index (κ2) is 5.67. The van der Waals surface area contributed by atoms with E-state index in [0.717, 1.165) is 22.9 Å². The fourth-order valence-corrected chi connectivity index (χ4v) is 4.11. The first-order chi connectivity index (χ1) is 11.9. The highest BCUT2D eigenvalue weighted by Crippen LogP contribution is 2.33. The number of fused-ring (bicyclic) bond motifs is 1. The van der Waals surface area contributed by atoms with Gasteiger partial charge in [-0.2, -0.15) is 16.8 Å². The van der Waals surface area contributed by atoms with E-state index in [2.05, 4.69) is 5.10 Å². The highest BCUT2D eigenvalue weighted by atomic mass is 32.2. The second-order valence-electron chi connectivity index (χ2n) is 5.62. The van der Waals surface area contributed by atoms with Gasteiger partial charge in [-0.05, 0) is 31.2 Å². The highest BCUT2D eigenvalue weighted by Gasteiger charge is 2.23. The van der Waals surface area contributed by atoms with Crippen molar-refractivity contribution >= 4 is 36.7 Å². The summed E-state index contributed by atoms with van der Waals surface area (Å²) in [6.45, 7) is 1.59. The van der Waals surface area contributed by atoms with Crippen LogP contribution in [0.5, 0.6) is 0 Å². The fourth-order valence-electron chi connectivity index (χ4n) is 2.66. The molecule has 0 radical (unpaired) electrons. The number of anilines is 1. The molecule has 10 nitrogen and oxygen atoms in total. The van der Waals surface area contributed by atoms with Crippen molar-refractivity contribution in [2.75, 3.05) is 5.73 Å². The zero-order valence-corrected chi connectivity index (χ0v) is 14.8. The number of aryl methyl sites for hydroxylation is 1. The lowest BCUT2D eigenvalue weighted by atomic mass is 10.1. The molecule has 2 aromatic carbocycles. The topological polar surface area (TPSA) is 173 Å². The normalized spacial score (nSPS) is 12.6. The summed E-state index contributed by atoms with van der Waals surface area (Å²) in [5.74, 6) is 0. The summed E-state index contributed by atoms with van der Waals surface area (Å²) in [4.78, 5) is 10.7. The molecule has 5 N–H and O–H groups in total. The van der Waals surface area contributed by atoms with Crippen LogP contribution in [0.3, 0.4) is 0 Å². The highest BCUT2D eigenvalue weighted by molar-refractivity contribution is 7.86. The summed E-state index contributed by atoms with van der Waals surface area (Å²) in [6, 6.07) is 5.49. The Morgan fingerprint density at radius 3 is 1.96 bits per heavy atom. The maximum Gasteiger partial charge on any atom is 0.295 e. The Balaban J connectivity index is 2.58. The van der Waals surface area contributed by atoms with E-state index in [9.17, 15) is 30.7 Å². The second-order valence-corrected chi connectivity index (χ2v) is 8.40. The van der Waals surface area contributed by atoms with Gasteiger partial charge < -0.3 is 5.73 Å². The van der Waals surface area contributed by atoms with Crippen molar-refractivity contribution in [2.24, 2.45) is 0 Å². The smallest absolute Gasteiger partial charge is 0.295 e. The van der Waals surface area contributed by atoms with Gasteiger partial charge in [0.15, 0.2) is 0 Å². The van der Waals surface area contributed by atoms with E-state index < -0.39 is 35.6 Å². The van der Waals surface area contributed by atoms with Crippen LogP contribution in [0.4, 0.5) is 5.69 Å². The molecule has 12 heteroatoms. The first-order valence-electron chi connectivity index (χ1n) is 6.99. The van der Waals surface area contributed by atoms with Gasteiger partial charge >= 0.3 is 0 Å². The lowest BCUT2D eigenvalue weighted by Gasteiger charge is -2.12. The Morgan fingerprint density at radius 2 is 1.46 bits per heavy atom. The van der Waals surface area contributed by atoms with Gasteiger partial charge in [0.05, 0.1) is 5.69 Å². The number of nitrogens with one attached hydrogen (secondary N) is 1. The number of nitrogen functional groups attached to an aromatic ring is 1. The maximum atomic E-state index is 12.0. The molecule has 0 aliphatic rings. The van der Waals surface area contributed by atoms with Gasteiger partial charge in [-0.25, -0.2) is 4.68 Å². The monoisotopic (exact) mass is 399 g/mol. The van der Waals surface area contributed by atoms with E-state index in [1.807, 2.05) is 0 Å². The van der Waals surface area contributed by atoms with Crippen LogP contribution in [0.25, 0.3) is 16.5 Å². The third-order valence-electron chi connectivity index (χ3n) is 3.66. The SMILES string of the molecule is Cc1cc(=O)n(-c2cc(S(=O)(=O)O)c3cc(N)cc(S(=O)(=O)O)c3c2)[nH]1. The number of rotatable bonds is 3. The van der Waals surface area contributed by atoms with Gasteiger partial charge in [-0.15, -0.1) is 0 Å². The Bertz CT molecular complexity index is 1320. The van der Waals surface area contributed by atoms with Crippen molar-refractivity contribution in [1.82, 2.24) is 9.78 Å². The summed E-state index contributed by atoms with van der Waals surface area (Å²) in [5.41, 5.74) is 5.33. The number of hydrogen-bond acceptors (Lipinski definition) is 6. The first-order valence-corrected chi connectivity index (χ1v) is 9.87. The van der Waals surface area contributed by atoms with Crippen LogP contribution in [0, 0.1) is 6.92 Å². The summed E-state index contributed by atoms with van der Waals surface area (Å²) in [7, 11) is -9.58. The summed E-state index contributed by atoms with van der Waals surface area (Å²) < 4.78 is 66.9. The number of nitrogens with zero attached hydrogens (tertiary/aromatic N) is 1. The van der Waals surface area contributed by atoms with Crippen LogP contribution in [0.15, 0.2) is 44.9 Å². The lowest BCUT2D eigenvalue weighted by molar-refractivity contribution is 0.481. The number of hydrogen-bond donors (Lipinski definition) is 4. The Labute approximate surface area is 147 Å². The van der Waals surface area contributed by atoms with E-state index in [-0.39, 0.29) is 22.1 Å². The van der Waals surface area contributed by atoms with E-state index >= 15 is 0 Å². The Kier molecular flexibility index (Phi) is 3.95. The maximum absolute atomic E-state index is 12.0. The minimum atomic E-state index is -4.81. The number of nitrogens with two attached hydrogens (primary N) is 1. The van der Waals surface area contributed by atoms with Gasteiger partial charge in [0, 0.05) is 28.2 Å². The van der Waals surface area contributed by atoms with Crippen LogP contribution < -0.4 is 11.3 Å². The molecule has 0 amide bonds. The molecule has 1 aromatic heterocycles. The molecule has 0 unspecified atom stereocenters. The number of aromatic nitrogens is 2. The molecule has 0 aliphatic carbocycles. The molecule has 3 rings (SSSR count). The number of benzene rings is 2. The fraction of sp³-hybridized carbons (Fsp3) is 0.0714. The molecule has 1 heterocycles. The minimum absolute atomic E-state index is 0.0575. The average molecular weight is 399 g/mol. The Hall–Kier alpha value is -2.67. The number of H-pyrrole nitrogens is 1. The minimum Gasteiger partial charge on any atom is -0.399 e. The Morgan fingerprint density at radius 1 is 0.923 bits per heavy atom. The van der Waals surface area contributed by atoms with Crippen LogP contribution in [0.1, 0.15) is 5.69 Å². The molecule has 0 spiro atoms. The largest absolute Gasteiger partial charge is 0.399 e. The van der Waals surface area contributed by atoms with E-state index in [1.54, 1.807) is 6.92 Å². The molecule has 0 saturated heterocycles.